The summed E-state index contributed by atoms with van der Waals surface area (Å²) in [6, 6.07) is 5.35. The van der Waals surface area contributed by atoms with Gasteiger partial charge >= 0.3 is 6.03 Å². The number of rotatable bonds is 7. The van der Waals surface area contributed by atoms with Crippen LogP contribution in [-0.2, 0) is 0 Å². The van der Waals surface area contributed by atoms with Gasteiger partial charge in [-0.25, -0.2) is 4.79 Å². The second-order valence-corrected chi connectivity index (χ2v) is 5.61. The van der Waals surface area contributed by atoms with Crippen LogP contribution >= 0.6 is 0 Å². The number of nitrogens with zero attached hydrogens (tertiary/aromatic N) is 1. The molecular weight excluding hydrogens is 274 g/mol. The van der Waals surface area contributed by atoms with Gasteiger partial charge in [-0.2, -0.15) is 0 Å². The minimum atomic E-state index is -0.513. The fourth-order valence-electron chi connectivity index (χ4n) is 1.84. The van der Waals surface area contributed by atoms with E-state index in [2.05, 4.69) is 10.6 Å². The molecule has 21 heavy (non-hydrogen) atoms. The first-order chi connectivity index (χ1) is 9.84. The Labute approximate surface area is 123 Å². The fraction of sp³-hybridized carbons (Fsp3) is 0.500. The predicted molar refractivity (Wildman–Crippen MR) is 80.2 cm³/mol. The molecule has 0 aliphatic heterocycles. The molecule has 1 rings (SSSR count). The summed E-state index contributed by atoms with van der Waals surface area (Å²) in [6.07, 6.45) is 1.47. The second-order valence-electron chi connectivity index (χ2n) is 5.61. The van der Waals surface area contributed by atoms with E-state index in [-0.39, 0.29) is 17.7 Å². The van der Waals surface area contributed by atoms with Crippen molar-refractivity contribution in [3.05, 3.63) is 34.4 Å². The maximum atomic E-state index is 11.8. The minimum absolute atomic E-state index is 0.0731. The molecule has 0 unspecified atom stereocenters. The molecule has 7 nitrogen and oxygen atoms in total. The summed E-state index contributed by atoms with van der Waals surface area (Å²) >= 11 is 0. The quantitative estimate of drug-likeness (QED) is 0.531. The first kappa shape index (κ1) is 16.9. The first-order valence-electron chi connectivity index (χ1n) is 6.74. The molecule has 1 aromatic carbocycles. The van der Waals surface area contributed by atoms with Crippen LogP contribution in [0, 0.1) is 15.5 Å². The lowest BCUT2D eigenvalue weighted by molar-refractivity contribution is -0.384. The Morgan fingerprint density at radius 1 is 1.43 bits per heavy atom. The highest BCUT2D eigenvalue weighted by atomic mass is 16.6. The highest BCUT2D eigenvalue weighted by molar-refractivity contribution is 5.89. The molecule has 7 heteroatoms. The number of nitro benzene ring substituents is 1. The van der Waals surface area contributed by atoms with Gasteiger partial charge in [0, 0.05) is 31.0 Å². The third kappa shape index (κ3) is 6.22. The number of hydrogen-bond acceptors (Lipinski definition) is 4. The zero-order valence-electron chi connectivity index (χ0n) is 12.3. The van der Waals surface area contributed by atoms with Crippen LogP contribution in [0.15, 0.2) is 24.3 Å². The van der Waals surface area contributed by atoms with E-state index in [1.807, 2.05) is 13.8 Å². The normalized spacial score (nSPS) is 11.0. The number of urea groups is 1. The molecule has 0 saturated heterocycles. The standard InChI is InChI=1S/C14H21N3O4/c1-14(2,7-4-8-18)10-15-13(19)16-11-5-3-6-12(9-11)17(20)21/h3,5-6,9,18H,4,7-8,10H2,1-2H3,(H2,15,16,19). The number of nitrogens with one attached hydrogen (secondary N) is 2. The van der Waals surface area contributed by atoms with Gasteiger partial charge < -0.3 is 15.7 Å². The van der Waals surface area contributed by atoms with Gasteiger partial charge in [-0.1, -0.05) is 19.9 Å². The van der Waals surface area contributed by atoms with Gasteiger partial charge in [0.1, 0.15) is 0 Å². The van der Waals surface area contributed by atoms with Gasteiger partial charge in [-0.15, -0.1) is 0 Å². The summed E-state index contributed by atoms with van der Waals surface area (Å²) in [7, 11) is 0. The number of aliphatic hydroxyl groups is 1. The molecule has 0 fully saturated rings. The number of hydrogen-bond donors (Lipinski definition) is 3. The molecule has 1 aromatic rings. The number of aliphatic hydroxyl groups excluding tert-OH is 1. The number of amides is 2. The van der Waals surface area contributed by atoms with Crippen LogP contribution < -0.4 is 10.6 Å². The van der Waals surface area contributed by atoms with Crippen LogP contribution in [0.2, 0.25) is 0 Å². The molecule has 3 N–H and O–H groups in total. The minimum Gasteiger partial charge on any atom is -0.396 e. The van der Waals surface area contributed by atoms with Crippen LogP contribution in [0.25, 0.3) is 0 Å². The third-order valence-electron chi connectivity index (χ3n) is 3.05. The number of non-ortho nitro benzene ring substituents is 1. The van der Waals surface area contributed by atoms with Crippen molar-refractivity contribution in [3.63, 3.8) is 0 Å². The molecule has 0 aromatic heterocycles. The van der Waals surface area contributed by atoms with Gasteiger partial charge in [0.15, 0.2) is 0 Å². The van der Waals surface area contributed by atoms with Crippen molar-refractivity contribution in [1.29, 1.82) is 0 Å². The van der Waals surface area contributed by atoms with Crippen LogP contribution in [0.3, 0.4) is 0 Å². The van der Waals surface area contributed by atoms with E-state index in [0.717, 1.165) is 6.42 Å². The Bertz CT molecular complexity index is 503. The summed E-state index contributed by atoms with van der Waals surface area (Å²) in [5.74, 6) is 0. The maximum absolute atomic E-state index is 11.8. The lowest BCUT2D eigenvalue weighted by atomic mass is 9.88. The lowest BCUT2D eigenvalue weighted by Crippen LogP contribution is -2.36. The number of carbonyl (C=O) groups excluding carboxylic acids is 1. The second kappa shape index (κ2) is 7.58. The Morgan fingerprint density at radius 2 is 2.14 bits per heavy atom. The van der Waals surface area contributed by atoms with Crippen LogP contribution in [0.1, 0.15) is 26.7 Å². The number of benzene rings is 1. The maximum Gasteiger partial charge on any atom is 0.319 e. The van der Waals surface area contributed by atoms with Crippen molar-refractivity contribution in [1.82, 2.24) is 5.32 Å². The topological polar surface area (TPSA) is 104 Å². The van der Waals surface area contributed by atoms with Crippen LogP contribution in [0.4, 0.5) is 16.2 Å². The van der Waals surface area contributed by atoms with Crippen molar-refractivity contribution in [3.8, 4) is 0 Å². The lowest BCUT2D eigenvalue weighted by Gasteiger charge is -2.24. The third-order valence-corrected chi connectivity index (χ3v) is 3.05. The van der Waals surface area contributed by atoms with Gasteiger partial charge in [-0.3, -0.25) is 10.1 Å². The molecule has 116 valence electrons. The summed E-state index contributed by atoms with van der Waals surface area (Å²) < 4.78 is 0. The molecule has 2 amide bonds. The van der Waals surface area contributed by atoms with Crippen molar-refractivity contribution in [2.75, 3.05) is 18.5 Å². The van der Waals surface area contributed by atoms with Crippen molar-refractivity contribution < 1.29 is 14.8 Å². The fourth-order valence-corrected chi connectivity index (χ4v) is 1.84. The number of carbonyl (C=O) groups is 1. The molecule has 0 atom stereocenters. The Kier molecular flexibility index (Phi) is 6.10. The average molecular weight is 295 g/mol. The Hall–Kier alpha value is -2.15. The molecule has 0 saturated carbocycles. The summed E-state index contributed by atoms with van der Waals surface area (Å²) in [6.45, 7) is 4.57. The molecule has 0 spiro atoms. The molecule has 0 aliphatic carbocycles. The van der Waals surface area contributed by atoms with Crippen molar-refractivity contribution in [2.24, 2.45) is 5.41 Å². The largest absolute Gasteiger partial charge is 0.396 e. The number of nitro groups is 1. The van der Waals surface area contributed by atoms with Crippen LogP contribution in [0.5, 0.6) is 0 Å². The van der Waals surface area contributed by atoms with Gasteiger partial charge in [-0.05, 0) is 24.3 Å². The average Bonchev–Trinajstić information content (AvgIpc) is 2.43. The van der Waals surface area contributed by atoms with E-state index in [1.165, 1.54) is 18.2 Å². The molecule has 0 bridgehead atoms. The smallest absolute Gasteiger partial charge is 0.319 e. The highest BCUT2D eigenvalue weighted by Crippen LogP contribution is 2.21. The zero-order chi connectivity index (χ0) is 15.9. The van der Waals surface area contributed by atoms with Gasteiger partial charge in [0.05, 0.1) is 4.92 Å². The van der Waals surface area contributed by atoms with E-state index in [4.69, 9.17) is 5.11 Å². The molecule has 0 aliphatic rings. The van der Waals surface area contributed by atoms with E-state index >= 15 is 0 Å². The van der Waals surface area contributed by atoms with E-state index < -0.39 is 11.0 Å². The SMILES string of the molecule is CC(C)(CCCO)CNC(=O)Nc1cccc([N+](=O)[O-])c1. The van der Waals surface area contributed by atoms with Crippen LogP contribution in [-0.4, -0.2) is 29.2 Å². The van der Waals surface area contributed by atoms with E-state index in [1.54, 1.807) is 6.07 Å². The molecule has 0 radical (unpaired) electrons. The Morgan fingerprint density at radius 3 is 2.76 bits per heavy atom. The van der Waals surface area contributed by atoms with Gasteiger partial charge in [0.25, 0.3) is 5.69 Å². The summed E-state index contributed by atoms with van der Waals surface area (Å²) in [4.78, 5) is 21.9. The first-order valence-corrected chi connectivity index (χ1v) is 6.74. The van der Waals surface area contributed by atoms with Crippen molar-refractivity contribution >= 4 is 17.4 Å². The highest BCUT2D eigenvalue weighted by Gasteiger charge is 2.18. The van der Waals surface area contributed by atoms with Gasteiger partial charge in [0.2, 0.25) is 0 Å². The molecular formula is C14H21N3O4. The summed E-state index contributed by atoms with van der Waals surface area (Å²) in [5, 5.41) is 24.8. The number of anilines is 1. The van der Waals surface area contributed by atoms with E-state index in [9.17, 15) is 14.9 Å². The zero-order valence-corrected chi connectivity index (χ0v) is 12.3. The summed E-state index contributed by atoms with van der Waals surface area (Å²) in [5.41, 5.74) is 0.175. The molecule has 0 heterocycles. The van der Waals surface area contributed by atoms with E-state index in [0.29, 0.717) is 18.7 Å². The predicted octanol–water partition coefficient (Wildman–Crippen LogP) is 2.52. The monoisotopic (exact) mass is 295 g/mol. The van der Waals surface area contributed by atoms with Crippen molar-refractivity contribution in [2.45, 2.75) is 26.7 Å². The Balaban J connectivity index is 2.50.